The minimum Gasteiger partial charge on any atom is -0.395 e. The second-order valence-corrected chi connectivity index (χ2v) is 3.74. The van der Waals surface area contributed by atoms with Gasteiger partial charge in [-0.2, -0.15) is 0 Å². The van der Waals surface area contributed by atoms with Crippen LogP contribution in [-0.2, 0) is 0 Å². The third-order valence-electron chi connectivity index (χ3n) is 2.81. The van der Waals surface area contributed by atoms with E-state index in [4.69, 9.17) is 5.11 Å². The van der Waals surface area contributed by atoms with Gasteiger partial charge in [0.2, 0.25) is 0 Å². The van der Waals surface area contributed by atoms with Crippen molar-refractivity contribution in [2.45, 2.75) is 12.1 Å². The summed E-state index contributed by atoms with van der Waals surface area (Å²) in [7, 11) is 0. The van der Waals surface area contributed by atoms with Crippen molar-refractivity contribution >= 4 is 0 Å². The van der Waals surface area contributed by atoms with Gasteiger partial charge in [0.05, 0.1) is 12.7 Å². The third kappa shape index (κ3) is 1.47. The van der Waals surface area contributed by atoms with Gasteiger partial charge >= 0.3 is 0 Å². The monoisotopic (exact) mass is 172 g/mol. The van der Waals surface area contributed by atoms with Crippen molar-refractivity contribution in [2.24, 2.45) is 0 Å². The van der Waals surface area contributed by atoms with E-state index in [2.05, 4.69) is 9.80 Å². The maximum Gasteiger partial charge on any atom is 0.0793 e. The first-order valence-electron chi connectivity index (χ1n) is 4.55. The van der Waals surface area contributed by atoms with Crippen LogP contribution in [0.15, 0.2) is 0 Å². The zero-order chi connectivity index (χ0) is 8.55. The molecule has 0 amide bonds. The van der Waals surface area contributed by atoms with E-state index in [9.17, 15) is 5.11 Å². The highest BCUT2D eigenvalue weighted by atomic mass is 16.3. The summed E-state index contributed by atoms with van der Waals surface area (Å²) in [5, 5.41) is 18.6. The van der Waals surface area contributed by atoms with Crippen LogP contribution in [0.3, 0.4) is 0 Å². The molecule has 4 nitrogen and oxygen atoms in total. The van der Waals surface area contributed by atoms with Gasteiger partial charge in [-0.3, -0.25) is 9.80 Å². The Kier molecular flexibility index (Phi) is 2.32. The molecule has 2 bridgehead atoms. The van der Waals surface area contributed by atoms with Crippen LogP contribution in [0.2, 0.25) is 0 Å². The number of rotatable bonds is 1. The van der Waals surface area contributed by atoms with Gasteiger partial charge in [-0.15, -0.1) is 0 Å². The normalized spacial score (nSPS) is 47.5. The molecule has 0 radical (unpaired) electrons. The Labute approximate surface area is 72.4 Å². The van der Waals surface area contributed by atoms with Gasteiger partial charge in [0.15, 0.2) is 0 Å². The van der Waals surface area contributed by atoms with Gasteiger partial charge in [-0.05, 0) is 0 Å². The zero-order valence-corrected chi connectivity index (χ0v) is 7.19. The van der Waals surface area contributed by atoms with E-state index >= 15 is 0 Å². The van der Waals surface area contributed by atoms with Crippen LogP contribution in [0, 0.1) is 0 Å². The van der Waals surface area contributed by atoms with Crippen molar-refractivity contribution in [3.63, 3.8) is 0 Å². The first-order chi connectivity index (χ1) is 5.79. The first kappa shape index (κ1) is 8.44. The third-order valence-corrected chi connectivity index (χ3v) is 2.81. The molecule has 12 heavy (non-hydrogen) atoms. The fourth-order valence-corrected chi connectivity index (χ4v) is 2.16. The molecule has 2 N–H and O–H groups in total. The molecule has 3 saturated heterocycles. The van der Waals surface area contributed by atoms with Crippen LogP contribution in [0.5, 0.6) is 0 Å². The van der Waals surface area contributed by atoms with Crippen molar-refractivity contribution < 1.29 is 10.2 Å². The summed E-state index contributed by atoms with van der Waals surface area (Å²) in [5.41, 5.74) is 0. The molecule has 0 saturated carbocycles. The minimum atomic E-state index is -0.232. The lowest BCUT2D eigenvalue weighted by Crippen LogP contribution is -2.51. The molecule has 0 aromatic heterocycles. The number of nitrogens with zero attached hydrogens (tertiary/aromatic N) is 2. The van der Waals surface area contributed by atoms with Gasteiger partial charge in [0, 0.05) is 38.8 Å². The van der Waals surface area contributed by atoms with Crippen molar-refractivity contribution in [1.29, 1.82) is 0 Å². The minimum absolute atomic E-state index is 0.212. The van der Waals surface area contributed by atoms with Gasteiger partial charge in [-0.1, -0.05) is 0 Å². The van der Waals surface area contributed by atoms with Crippen molar-refractivity contribution in [1.82, 2.24) is 9.80 Å². The molecule has 3 heterocycles. The molecule has 4 heteroatoms. The number of hydrogen-bond acceptors (Lipinski definition) is 4. The smallest absolute Gasteiger partial charge is 0.0793 e. The van der Waals surface area contributed by atoms with Crippen LogP contribution < -0.4 is 0 Å². The number of hydrogen-bond donors (Lipinski definition) is 2. The molecule has 0 aromatic rings. The fourth-order valence-electron chi connectivity index (χ4n) is 2.16. The second kappa shape index (κ2) is 3.30. The number of aliphatic hydroxyl groups is 2. The number of aliphatic hydroxyl groups excluding tert-OH is 2. The van der Waals surface area contributed by atoms with Gasteiger partial charge in [0.1, 0.15) is 0 Å². The summed E-state index contributed by atoms with van der Waals surface area (Å²) < 4.78 is 0. The van der Waals surface area contributed by atoms with Crippen LogP contribution in [0.1, 0.15) is 0 Å². The summed E-state index contributed by atoms with van der Waals surface area (Å²) in [5.74, 6) is 0. The quantitative estimate of drug-likeness (QED) is 0.497. The van der Waals surface area contributed by atoms with Gasteiger partial charge < -0.3 is 10.2 Å². The molecule has 3 fully saturated rings. The lowest BCUT2D eigenvalue weighted by Gasteiger charge is -2.36. The van der Waals surface area contributed by atoms with Crippen LogP contribution >= 0.6 is 0 Å². The molecule has 3 aliphatic heterocycles. The van der Waals surface area contributed by atoms with Crippen LogP contribution in [0.25, 0.3) is 0 Å². The second-order valence-electron chi connectivity index (χ2n) is 3.74. The topological polar surface area (TPSA) is 46.9 Å². The predicted molar refractivity (Wildman–Crippen MR) is 44.9 cm³/mol. The predicted octanol–water partition coefficient (Wildman–Crippen LogP) is -1.66. The van der Waals surface area contributed by atoms with E-state index in [-0.39, 0.29) is 18.8 Å². The molecular weight excluding hydrogens is 156 g/mol. The number of fused-ring (bicyclic) bond motifs is 4. The molecule has 70 valence electrons. The van der Waals surface area contributed by atoms with E-state index in [0.717, 1.165) is 32.7 Å². The molecule has 0 aromatic carbocycles. The Balaban J connectivity index is 2.07. The van der Waals surface area contributed by atoms with Crippen molar-refractivity contribution in [3.05, 3.63) is 0 Å². The Hall–Kier alpha value is -0.160. The zero-order valence-electron chi connectivity index (χ0n) is 7.19. The van der Waals surface area contributed by atoms with Crippen LogP contribution in [0.4, 0.5) is 0 Å². The van der Waals surface area contributed by atoms with E-state index in [1.165, 1.54) is 0 Å². The molecular formula is C8H16N2O2. The highest BCUT2D eigenvalue weighted by Gasteiger charge is 2.32. The summed E-state index contributed by atoms with van der Waals surface area (Å²) >= 11 is 0. The lowest BCUT2D eigenvalue weighted by molar-refractivity contribution is 0.0660. The maximum atomic E-state index is 9.52. The molecule has 0 aliphatic carbocycles. The Morgan fingerprint density at radius 2 is 2.00 bits per heavy atom. The van der Waals surface area contributed by atoms with E-state index in [0.29, 0.717) is 0 Å². The Bertz CT molecular complexity index is 165. The average molecular weight is 172 g/mol. The largest absolute Gasteiger partial charge is 0.395 e. The fraction of sp³-hybridized carbons (Fsp3) is 1.00. The SMILES string of the molecule is OC[C@@H]1CN2CCN1CC(O)C2. The molecule has 3 aliphatic rings. The highest BCUT2D eigenvalue weighted by molar-refractivity contribution is 4.88. The average Bonchev–Trinajstić information content (AvgIpc) is 2.32. The van der Waals surface area contributed by atoms with E-state index in [1.54, 1.807) is 0 Å². The van der Waals surface area contributed by atoms with Gasteiger partial charge in [-0.25, -0.2) is 0 Å². The summed E-state index contributed by atoms with van der Waals surface area (Å²) in [6.07, 6.45) is -0.232. The maximum absolute atomic E-state index is 9.52. The highest BCUT2D eigenvalue weighted by Crippen LogP contribution is 2.15. The summed E-state index contributed by atoms with van der Waals surface area (Å²) in [6.45, 7) is 4.64. The molecule has 3 unspecified atom stereocenters. The molecule has 3 rings (SSSR count). The molecule has 4 atom stereocenters. The van der Waals surface area contributed by atoms with Crippen molar-refractivity contribution in [2.75, 3.05) is 39.3 Å². The van der Waals surface area contributed by atoms with Gasteiger partial charge in [0.25, 0.3) is 0 Å². The summed E-state index contributed by atoms with van der Waals surface area (Å²) in [4.78, 5) is 4.42. The standard InChI is InChI=1S/C8H16N2O2/c11-6-7-3-9-1-2-10(7)5-8(12)4-9/h7-8,11-12H,1-6H2/t7-,8?/m0/s1. The van der Waals surface area contributed by atoms with Crippen molar-refractivity contribution in [3.8, 4) is 0 Å². The Morgan fingerprint density at radius 3 is 2.75 bits per heavy atom. The Morgan fingerprint density at radius 1 is 1.17 bits per heavy atom. The van der Waals surface area contributed by atoms with E-state index < -0.39 is 0 Å². The summed E-state index contributed by atoms with van der Waals surface area (Å²) in [6, 6.07) is 0.246. The lowest BCUT2D eigenvalue weighted by atomic mass is 10.2. The molecule has 0 spiro atoms. The number of piperazine rings is 1. The first-order valence-corrected chi connectivity index (χ1v) is 4.55. The van der Waals surface area contributed by atoms with Crippen LogP contribution in [-0.4, -0.2) is 71.5 Å². The van der Waals surface area contributed by atoms with E-state index in [1.807, 2.05) is 0 Å².